The number of methoxy groups -OCH3 is 2. The van der Waals surface area contributed by atoms with Crippen molar-refractivity contribution in [1.82, 2.24) is 4.90 Å². The molecule has 1 fully saturated rings. The quantitative estimate of drug-likeness (QED) is 0.123. The first-order valence-electron chi connectivity index (χ1n) is 18.5. The fourth-order valence-corrected chi connectivity index (χ4v) is 8.72. The van der Waals surface area contributed by atoms with Gasteiger partial charge in [0.05, 0.1) is 14.2 Å². The number of fused-ring (bicyclic) bond motifs is 2. The molecule has 54 heavy (non-hydrogen) atoms. The number of aryl methyl sites for hydroxylation is 1. The number of benzene rings is 7. The van der Waals surface area contributed by atoms with E-state index in [1.807, 2.05) is 153 Å². The first-order chi connectivity index (χ1) is 26.2. The molecule has 6 heteroatoms. The molecule has 6 nitrogen and oxygen atoms in total. The Kier molecular flexibility index (Phi) is 9.36. The van der Waals surface area contributed by atoms with Crippen molar-refractivity contribution in [1.29, 1.82) is 0 Å². The standard InChI is InChI=1S/C48H45NO5/c1-32-29-35(31-49-28-10-19-45(49)47(51,36-20-24-38(53-2)25-21-36)37-22-26-39(54-3)27-23-37)46(50)44(30-32)48(52,42-17-8-13-33-11-4-6-15-40(33)42)43-18-9-14-34-12-5-7-16-41(34)43/h4-9,11-18,20-27,29-30,45,50-52H,10,19,28,31H2,1-3H3/t45-/m0/s1. The van der Waals surface area contributed by atoms with Gasteiger partial charge >= 0.3 is 0 Å². The molecule has 272 valence electrons. The molecule has 1 aliphatic heterocycles. The van der Waals surface area contributed by atoms with Gasteiger partial charge in [0.2, 0.25) is 0 Å². The highest BCUT2D eigenvalue weighted by Crippen LogP contribution is 2.48. The Balaban J connectivity index is 1.28. The topological polar surface area (TPSA) is 82.4 Å². The Morgan fingerprint density at radius 1 is 0.630 bits per heavy atom. The maximum absolute atomic E-state index is 13.5. The van der Waals surface area contributed by atoms with Crippen LogP contribution in [0.5, 0.6) is 17.2 Å². The van der Waals surface area contributed by atoms with E-state index in [0.717, 1.165) is 57.6 Å². The van der Waals surface area contributed by atoms with E-state index < -0.39 is 11.2 Å². The van der Waals surface area contributed by atoms with Crippen molar-refractivity contribution >= 4 is 21.5 Å². The third-order valence-corrected chi connectivity index (χ3v) is 11.4. The molecule has 1 saturated heterocycles. The first-order valence-corrected chi connectivity index (χ1v) is 18.5. The number of ether oxygens (including phenoxy) is 2. The Hall–Kier alpha value is -5.66. The van der Waals surface area contributed by atoms with Crippen LogP contribution in [0.15, 0.2) is 146 Å². The minimum atomic E-state index is -1.72. The van der Waals surface area contributed by atoms with Crippen LogP contribution in [-0.4, -0.2) is 47.0 Å². The van der Waals surface area contributed by atoms with Crippen molar-refractivity contribution in [2.24, 2.45) is 0 Å². The molecule has 0 radical (unpaired) electrons. The molecule has 1 atom stereocenters. The summed E-state index contributed by atoms with van der Waals surface area (Å²) in [5.74, 6) is 1.45. The van der Waals surface area contributed by atoms with Crippen LogP contribution in [0.2, 0.25) is 0 Å². The maximum Gasteiger partial charge on any atom is 0.145 e. The SMILES string of the molecule is COc1ccc(C(O)(c2ccc(OC)cc2)[C@@H]2CCCN2Cc2cc(C)cc(C(O)(c3cccc4ccccc34)c3cccc4ccccc34)c2O)cc1. The number of likely N-dealkylation sites (tertiary alicyclic amines) is 1. The van der Waals surface area contributed by atoms with Gasteiger partial charge in [-0.3, -0.25) is 4.90 Å². The Bertz CT molecular complexity index is 2300. The first kappa shape index (κ1) is 35.4. The molecule has 0 aliphatic carbocycles. The monoisotopic (exact) mass is 715 g/mol. The molecule has 0 amide bonds. The van der Waals surface area contributed by atoms with E-state index in [2.05, 4.69) is 4.90 Å². The summed E-state index contributed by atoms with van der Waals surface area (Å²) in [5, 5.41) is 42.9. The van der Waals surface area contributed by atoms with E-state index in [1.165, 1.54) is 0 Å². The van der Waals surface area contributed by atoms with E-state index in [1.54, 1.807) is 14.2 Å². The number of aromatic hydroxyl groups is 1. The van der Waals surface area contributed by atoms with Crippen molar-refractivity contribution in [3.63, 3.8) is 0 Å². The summed E-state index contributed by atoms with van der Waals surface area (Å²) in [6, 6.07) is 46.9. The fourth-order valence-electron chi connectivity index (χ4n) is 8.72. The second-order valence-corrected chi connectivity index (χ2v) is 14.4. The van der Waals surface area contributed by atoms with Crippen LogP contribution in [0, 0.1) is 6.92 Å². The number of hydrogen-bond acceptors (Lipinski definition) is 6. The number of hydrogen-bond donors (Lipinski definition) is 3. The van der Waals surface area contributed by atoms with Crippen LogP contribution in [0.3, 0.4) is 0 Å². The van der Waals surface area contributed by atoms with Crippen LogP contribution in [-0.2, 0) is 17.7 Å². The number of nitrogens with zero attached hydrogens (tertiary/aromatic N) is 1. The fraction of sp³-hybridized carbons (Fsp3) is 0.208. The summed E-state index contributed by atoms with van der Waals surface area (Å²) in [7, 11) is 3.27. The van der Waals surface area contributed by atoms with Crippen molar-refractivity contribution in [3.05, 3.63) is 185 Å². The zero-order chi connectivity index (χ0) is 37.5. The lowest BCUT2D eigenvalue weighted by Gasteiger charge is -2.40. The largest absolute Gasteiger partial charge is 0.507 e. The zero-order valence-electron chi connectivity index (χ0n) is 30.9. The Labute approximate surface area is 316 Å². The van der Waals surface area contributed by atoms with Gasteiger partial charge in [-0.25, -0.2) is 0 Å². The molecule has 3 N–H and O–H groups in total. The maximum atomic E-state index is 13.5. The molecule has 0 aromatic heterocycles. The van der Waals surface area contributed by atoms with Gasteiger partial charge in [-0.05, 0) is 89.3 Å². The van der Waals surface area contributed by atoms with E-state index in [9.17, 15) is 15.3 Å². The molecule has 0 spiro atoms. The highest BCUT2D eigenvalue weighted by atomic mass is 16.5. The highest BCUT2D eigenvalue weighted by Gasteiger charge is 2.46. The van der Waals surface area contributed by atoms with Crippen molar-refractivity contribution < 1.29 is 24.8 Å². The average molecular weight is 716 g/mol. The van der Waals surface area contributed by atoms with E-state index in [0.29, 0.717) is 40.3 Å². The summed E-state index contributed by atoms with van der Waals surface area (Å²) in [5.41, 5.74) is 1.79. The van der Waals surface area contributed by atoms with E-state index >= 15 is 0 Å². The zero-order valence-corrected chi connectivity index (χ0v) is 30.9. The minimum Gasteiger partial charge on any atom is -0.507 e. The van der Waals surface area contributed by atoms with Crippen molar-refractivity contribution in [3.8, 4) is 17.2 Å². The summed E-state index contributed by atoms with van der Waals surface area (Å²) in [6.07, 6.45) is 1.61. The number of phenols is 1. The summed E-state index contributed by atoms with van der Waals surface area (Å²) in [4.78, 5) is 2.27. The van der Waals surface area contributed by atoms with Crippen LogP contribution in [0.1, 0.15) is 51.8 Å². The average Bonchev–Trinajstić information content (AvgIpc) is 3.69. The third kappa shape index (κ3) is 5.97. The molecule has 0 unspecified atom stereocenters. The van der Waals surface area contributed by atoms with Gasteiger partial charge in [-0.15, -0.1) is 0 Å². The van der Waals surface area contributed by atoms with Crippen LogP contribution in [0.4, 0.5) is 0 Å². The highest BCUT2D eigenvalue weighted by molar-refractivity contribution is 5.92. The number of aliphatic hydroxyl groups is 2. The lowest BCUT2D eigenvalue weighted by atomic mass is 9.75. The molecular weight excluding hydrogens is 671 g/mol. The van der Waals surface area contributed by atoms with Gasteiger partial charge < -0.3 is 24.8 Å². The van der Waals surface area contributed by atoms with Crippen LogP contribution >= 0.6 is 0 Å². The van der Waals surface area contributed by atoms with Crippen molar-refractivity contribution in [2.45, 2.75) is 43.6 Å². The van der Waals surface area contributed by atoms with Gasteiger partial charge in [0.1, 0.15) is 28.5 Å². The smallest absolute Gasteiger partial charge is 0.145 e. The number of rotatable bonds is 10. The second kappa shape index (κ2) is 14.3. The molecule has 7 aromatic rings. The molecule has 0 bridgehead atoms. The third-order valence-electron chi connectivity index (χ3n) is 11.4. The number of phenolic OH excluding ortho intramolecular Hbond substituents is 1. The molecule has 1 heterocycles. The molecule has 1 aliphatic rings. The predicted molar refractivity (Wildman–Crippen MR) is 215 cm³/mol. The van der Waals surface area contributed by atoms with Gasteiger partial charge in [0.25, 0.3) is 0 Å². The van der Waals surface area contributed by atoms with E-state index in [4.69, 9.17) is 9.47 Å². The van der Waals surface area contributed by atoms with Crippen molar-refractivity contribution in [2.75, 3.05) is 20.8 Å². The minimum absolute atomic E-state index is 0.0343. The summed E-state index contributed by atoms with van der Waals surface area (Å²) in [6.45, 7) is 3.09. The molecular formula is C48H45NO5. The second-order valence-electron chi connectivity index (χ2n) is 14.4. The van der Waals surface area contributed by atoms with E-state index in [-0.39, 0.29) is 11.8 Å². The van der Waals surface area contributed by atoms with Crippen LogP contribution < -0.4 is 9.47 Å². The van der Waals surface area contributed by atoms with Gasteiger partial charge in [0, 0.05) is 34.8 Å². The normalized spacial score (nSPS) is 15.2. The predicted octanol–water partition coefficient (Wildman–Crippen LogP) is 9.21. The Morgan fingerprint density at radius 3 is 1.65 bits per heavy atom. The molecule has 8 rings (SSSR count). The van der Waals surface area contributed by atoms with Gasteiger partial charge in [0.15, 0.2) is 0 Å². The molecule has 7 aromatic carbocycles. The molecule has 0 saturated carbocycles. The van der Waals surface area contributed by atoms with Crippen LogP contribution in [0.25, 0.3) is 21.5 Å². The summed E-state index contributed by atoms with van der Waals surface area (Å²) >= 11 is 0. The lowest BCUT2D eigenvalue weighted by molar-refractivity contribution is -0.00683. The van der Waals surface area contributed by atoms with Gasteiger partial charge in [-0.1, -0.05) is 121 Å². The lowest BCUT2D eigenvalue weighted by Crippen LogP contribution is -2.48. The Morgan fingerprint density at radius 2 is 1.13 bits per heavy atom. The summed E-state index contributed by atoms with van der Waals surface area (Å²) < 4.78 is 10.9. The van der Waals surface area contributed by atoms with Gasteiger partial charge in [-0.2, -0.15) is 0 Å².